The zero-order valence-electron chi connectivity index (χ0n) is 6.20. The normalized spacial score (nSPS) is 16.8. The third-order valence-electron chi connectivity index (χ3n) is 1.27. The third kappa shape index (κ3) is 2.57. The fourth-order valence-electron chi connectivity index (χ4n) is 0.727. The Hall–Kier alpha value is -1.07. The molecule has 5 nitrogen and oxygen atoms in total. The van der Waals surface area contributed by atoms with Gasteiger partial charge in [0.25, 0.3) is 0 Å². The Morgan fingerprint density at radius 1 is 1.82 bits per heavy atom. The fourth-order valence-corrected chi connectivity index (χ4v) is 0.727. The highest BCUT2D eigenvalue weighted by molar-refractivity contribution is 5.57. The molecule has 0 amide bonds. The van der Waals surface area contributed by atoms with E-state index >= 15 is 0 Å². The molecule has 1 aliphatic rings. The number of hydrogen-bond acceptors (Lipinski definition) is 5. The minimum Gasteiger partial charge on any atom is -0.395 e. The first-order valence-corrected chi connectivity index (χ1v) is 3.44. The predicted octanol–water partition coefficient (Wildman–Crippen LogP) is -1.37. The SMILES string of the molecule is NC1=CCN(NCCO)C=N1. The van der Waals surface area contributed by atoms with Crippen LogP contribution in [0.5, 0.6) is 0 Å². The van der Waals surface area contributed by atoms with Gasteiger partial charge in [-0.15, -0.1) is 0 Å². The zero-order valence-corrected chi connectivity index (χ0v) is 6.20. The summed E-state index contributed by atoms with van der Waals surface area (Å²) >= 11 is 0. The van der Waals surface area contributed by atoms with E-state index in [0.29, 0.717) is 18.9 Å². The number of aliphatic hydroxyl groups excluding tert-OH is 1. The maximum atomic E-state index is 8.48. The Morgan fingerprint density at radius 3 is 3.18 bits per heavy atom. The molecule has 0 bridgehead atoms. The smallest absolute Gasteiger partial charge is 0.122 e. The lowest BCUT2D eigenvalue weighted by Gasteiger charge is -2.20. The number of aliphatic imine (C=N–C) groups is 1. The molecule has 0 radical (unpaired) electrons. The lowest BCUT2D eigenvalue weighted by molar-refractivity contribution is 0.247. The van der Waals surface area contributed by atoms with Gasteiger partial charge in [0.2, 0.25) is 0 Å². The Balaban J connectivity index is 2.25. The van der Waals surface area contributed by atoms with Crippen molar-refractivity contribution in [3.63, 3.8) is 0 Å². The molecule has 1 heterocycles. The van der Waals surface area contributed by atoms with Crippen LogP contribution in [-0.2, 0) is 0 Å². The Bertz CT molecular complexity index is 177. The first-order chi connectivity index (χ1) is 5.33. The Kier molecular flexibility index (Phi) is 2.88. The van der Waals surface area contributed by atoms with Crippen LogP contribution in [-0.4, -0.2) is 36.2 Å². The van der Waals surface area contributed by atoms with Crippen LogP contribution in [0.1, 0.15) is 0 Å². The summed E-state index contributed by atoms with van der Waals surface area (Å²) in [5, 5.41) is 10.2. The summed E-state index contributed by atoms with van der Waals surface area (Å²) in [6, 6.07) is 0. The topological polar surface area (TPSA) is 73.9 Å². The van der Waals surface area contributed by atoms with Crippen LogP contribution in [0.25, 0.3) is 0 Å². The number of nitrogens with zero attached hydrogens (tertiary/aromatic N) is 2. The highest BCUT2D eigenvalue weighted by atomic mass is 16.3. The number of nitrogens with two attached hydrogens (primary N) is 1. The molecule has 0 atom stereocenters. The number of hydrazine groups is 1. The van der Waals surface area contributed by atoms with Crippen molar-refractivity contribution in [3.8, 4) is 0 Å². The summed E-state index contributed by atoms with van der Waals surface area (Å²) < 4.78 is 0. The van der Waals surface area contributed by atoms with Crippen molar-refractivity contribution in [3.05, 3.63) is 11.9 Å². The lowest BCUT2D eigenvalue weighted by Crippen LogP contribution is -2.40. The van der Waals surface area contributed by atoms with Crippen LogP contribution in [0.4, 0.5) is 0 Å². The molecule has 1 aliphatic heterocycles. The molecule has 0 aliphatic carbocycles. The van der Waals surface area contributed by atoms with Crippen LogP contribution < -0.4 is 11.2 Å². The number of hydrogen-bond donors (Lipinski definition) is 3. The van der Waals surface area contributed by atoms with Gasteiger partial charge in [-0.05, 0) is 6.08 Å². The van der Waals surface area contributed by atoms with Crippen molar-refractivity contribution >= 4 is 6.34 Å². The van der Waals surface area contributed by atoms with Crippen molar-refractivity contribution in [2.45, 2.75) is 0 Å². The van der Waals surface area contributed by atoms with Crippen LogP contribution in [0.15, 0.2) is 16.9 Å². The van der Waals surface area contributed by atoms with Crippen molar-refractivity contribution in [1.82, 2.24) is 10.4 Å². The summed E-state index contributed by atoms with van der Waals surface area (Å²) in [5.41, 5.74) is 8.31. The van der Waals surface area contributed by atoms with E-state index in [1.54, 1.807) is 17.4 Å². The van der Waals surface area contributed by atoms with Crippen molar-refractivity contribution < 1.29 is 5.11 Å². The third-order valence-corrected chi connectivity index (χ3v) is 1.27. The van der Waals surface area contributed by atoms with Gasteiger partial charge < -0.3 is 10.8 Å². The minimum absolute atomic E-state index is 0.115. The molecular weight excluding hydrogens is 144 g/mol. The molecule has 0 saturated heterocycles. The van der Waals surface area contributed by atoms with E-state index in [1.807, 2.05) is 0 Å². The summed E-state index contributed by atoms with van der Waals surface area (Å²) in [7, 11) is 0. The van der Waals surface area contributed by atoms with E-state index < -0.39 is 0 Å². The largest absolute Gasteiger partial charge is 0.395 e. The van der Waals surface area contributed by atoms with Gasteiger partial charge in [-0.2, -0.15) is 0 Å². The van der Waals surface area contributed by atoms with E-state index in [2.05, 4.69) is 10.4 Å². The average molecular weight is 156 g/mol. The minimum atomic E-state index is 0.115. The van der Waals surface area contributed by atoms with Crippen molar-refractivity contribution in [1.29, 1.82) is 0 Å². The molecule has 0 fully saturated rings. The van der Waals surface area contributed by atoms with Gasteiger partial charge in [0, 0.05) is 6.54 Å². The van der Waals surface area contributed by atoms with Gasteiger partial charge in [-0.3, -0.25) is 5.01 Å². The molecule has 5 heteroatoms. The second kappa shape index (κ2) is 3.95. The lowest BCUT2D eigenvalue weighted by atomic mass is 10.5. The van der Waals surface area contributed by atoms with Gasteiger partial charge in [-0.1, -0.05) is 0 Å². The van der Waals surface area contributed by atoms with Gasteiger partial charge in [0.05, 0.1) is 13.2 Å². The second-order valence-electron chi connectivity index (χ2n) is 2.16. The molecule has 1 rings (SSSR count). The van der Waals surface area contributed by atoms with Gasteiger partial charge in [-0.25, -0.2) is 10.4 Å². The molecule has 0 saturated carbocycles. The summed E-state index contributed by atoms with van der Waals surface area (Å²) in [5.74, 6) is 0.534. The highest BCUT2D eigenvalue weighted by Gasteiger charge is 2.00. The summed E-state index contributed by atoms with van der Waals surface area (Å²) in [6.45, 7) is 1.33. The van der Waals surface area contributed by atoms with Crippen molar-refractivity contribution in [2.24, 2.45) is 10.7 Å². The molecule has 4 N–H and O–H groups in total. The van der Waals surface area contributed by atoms with Gasteiger partial charge in [0.1, 0.15) is 12.2 Å². The van der Waals surface area contributed by atoms with Crippen LogP contribution in [0.3, 0.4) is 0 Å². The number of nitrogens with one attached hydrogen (secondary N) is 1. The first kappa shape index (κ1) is 8.03. The number of rotatable bonds is 3. The maximum absolute atomic E-state index is 8.48. The van der Waals surface area contributed by atoms with Crippen molar-refractivity contribution in [2.75, 3.05) is 19.7 Å². The summed E-state index contributed by atoms with van der Waals surface area (Å²) in [4.78, 5) is 3.86. The van der Waals surface area contributed by atoms with E-state index in [0.717, 1.165) is 0 Å². The van der Waals surface area contributed by atoms with Gasteiger partial charge in [0.15, 0.2) is 0 Å². The Labute approximate surface area is 65.2 Å². The van der Waals surface area contributed by atoms with E-state index in [4.69, 9.17) is 10.8 Å². The average Bonchev–Trinajstić information content (AvgIpc) is 2.04. The van der Waals surface area contributed by atoms with Crippen LogP contribution in [0, 0.1) is 0 Å². The first-order valence-electron chi connectivity index (χ1n) is 3.44. The molecule has 11 heavy (non-hydrogen) atoms. The molecular formula is C6H12N4O. The van der Waals surface area contributed by atoms with Gasteiger partial charge >= 0.3 is 0 Å². The highest BCUT2D eigenvalue weighted by Crippen LogP contribution is 1.93. The monoisotopic (exact) mass is 156 g/mol. The van der Waals surface area contributed by atoms with Crippen LogP contribution >= 0.6 is 0 Å². The standard InChI is InChI=1S/C6H12N4O/c7-6-1-3-10(5-8-6)9-2-4-11/h1,5,9,11H,2-4,7H2. The van der Waals surface area contributed by atoms with E-state index in [9.17, 15) is 0 Å². The molecule has 0 unspecified atom stereocenters. The molecule has 0 aromatic heterocycles. The molecule has 0 spiro atoms. The fraction of sp³-hybridized carbons (Fsp3) is 0.500. The van der Waals surface area contributed by atoms with Crippen LogP contribution in [0.2, 0.25) is 0 Å². The predicted molar refractivity (Wildman–Crippen MR) is 42.6 cm³/mol. The molecule has 0 aromatic carbocycles. The second-order valence-corrected chi connectivity index (χ2v) is 2.16. The maximum Gasteiger partial charge on any atom is 0.122 e. The number of aliphatic hydroxyl groups is 1. The van der Waals surface area contributed by atoms with E-state index in [-0.39, 0.29) is 6.61 Å². The summed E-state index contributed by atoms with van der Waals surface area (Å²) in [6.07, 6.45) is 3.40. The zero-order chi connectivity index (χ0) is 8.10. The quantitative estimate of drug-likeness (QED) is 0.471. The Morgan fingerprint density at radius 2 is 2.64 bits per heavy atom. The van der Waals surface area contributed by atoms with E-state index in [1.165, 1.54) is 0 Å². The molecule has 62 valence electrons. The molecule has 0 aromatic rings.